The zero-order valence-electron chi connectivity index (χ0n) is 19.0. The van der Waals surface area contributed by atoms with Crippen LogP contribution in [-0.2, 0) is 19.1 Å². The topological polar surface area (TPSA) is 118 Å². The Morgan fingerprint density at radius 1 is 1.09 bits per heavy atom. The van der Waals surface area contributed by atoms with Gasteiger partial charge in [-0.25, -0.2) is 9.79 Å². The number of para-hydroxylation sites is 2. The van der Waals surface area contributed by atoms with Crippen LogP contribution in [0.3, 0.4) is 0 Å². The Kier molecular flexibility index (Phi) is 6.91. The van der Waals surface area contributed by atoms with Gasteiger partial charge in [-0.15, -0.1) is 0 Å². The largest absolute Gasteiger partial charge is 0.484 e. The first-order valence-corrected chi connectivity index (χ1v) is 11.1. The zero-order valence-corrected chi connectivity index (χ0v) is 19.0. The van der Waals surface area contributed by atoms with E-state index in [-0.39, 0.29) is 36.4 Å². The molecule has 1 fully saturated rings. The van der Waals surface area contributed by atoms with Gasteiger partial charge in [0.05, 0.1) is 18.0 Å². The Labute approximate surface area is 197 Å². The van der Waals surface area contributed by atoms with Crippen LogP contribution in [0.1, 0.15) is 26.7 Å². The van der Waals surface area contributed by atoms with E-state index >= 15 is 0 Å². The quantitative estimate of drug-likeness (QED) is 0.542. The van der Waals surface area contributed by atoms with E-state index in [9.17, 15) is 14.4 Å². The number of nitrogens with one attached hydrogen (secondary N) is 3. The molecular weight excluding hydrogens is 436 g/mol. The Morgan fingerprint density at radius 2 is 1.88 bits per heavy atom. The summed E-state index contributed by atoms with van der Waals surface area (Å²) in [6.45, 7) is 3.29. The van der Waals surface area contributed by atoms with E-state index in [4.69, 9.17) is 9.47 Å². The molecule has 176 valence electrons. The van der Waals surface area contributed by atoms with Gasteiger partial charge in [-0.2, -0.15) is 0 Å². The minimum Gasteiger partial charge on any atom is -0.484 e. The molecule has 1 heterocycles. The maximum atomic E-state index is 12.7. The SMILES string of the molecule is CCOC(=O)C1=C(C)Nc2ccccc2N=C1NC(=O)COc1cccc(NC(=O)C2CC2)c1. The van der Waals surface area contributed by atoms with Crippen LogP contribution in [0.5, 0.6) is 5.75 Å². The molecular formula is C25H26N4O5. The van der Waals surface area contributed by atoms with Crippen molar-refractivity contribution in [1.82, 2.24) is 5.32 Å². The number of carbonyl (C=O) groups excluding carboxylic acids is 3. The average molecular weight is 463 g/mol. The molecule has 9 nitrogen and oxygen atoms in total. The van der Waals surface area contributed by atoms with E-state index in [1.165, 1.54) is 0 Å². The molecule has 2 amide bonds. The molecule has 4 rings (SSSR count). The first-order chi connectivity index (χ1) is 16.4. The minimum absolute atomic E-state index is 0.0104. The Balaban J connectivity index is 1.47. The van der Waals surface area contributed by atoms with E-state index in [1.807, 2.05) is 18.2 Å². The molecule has 0 spiro atoms. The number of esters is 1. The zero-order chi connectivity index (χ0) is 24.1. The van der Waals surface area contributed by atoms with Crippen LogP contribution in [0, 0.1) is 5.92 Å². The van der Waals surface area contributed by atoms with E-state index in [2.05, 4.69) is 20.9 Å². The number of anilines is 2. The molecule has 3 N–H and O–H groups in total. The van der Waals surface area contributed by atoms with Crippen molar-refractivity contribution in [3.05, 3.63) is 59.8 Å². The molecule has 0 atom stereocenters. The number of allylic oxidation sites excluding steroid dienone is 1. The molecule has 1 aliphatic heterocycles. The normalized spacial score (nSPS) is 14.7. The number of hydrogen-bond donors (Lipinski definition) is 3. The number of fused-ring (bicyclic) bond motifs is 1. The molecule has 9 heteroatoms. The van der Waals surface area contributed by atoms with Crippen molar-refractivity contribution in [3.8, 4) is 5.75 Å². The summed E-state index contributed by atoms with van der Waals surface area (Å²) in [4.78, 5) is 41.8. The third kappa shape index (κ3) is 5.61. The van der Waals surface area contributed by atoms with Gasteiger partial charge >= 0.3 is 5.97 Å². The molecule has 0 aromatic heterocycles. The lowest BCUT2D eigenvalue weighted by Gasteiger charge is -2.14. The number of nitrogens with zero attached hydrogens (tertiary/aromatic N) is 1. The highest BCUT2D eigenvalue weighted by atomic mass is 16.5. The predicted octanol–water partition coefficient (Wildman–Crippen LogP) is 3.52. The molecule has 2 aliphatic rings. The van der Waals surface area contributed by atoms with Crippen LogP contribution < -0.4 is 20.7 Å². The van der Waals surface area contributed by atoms with Gasteiger partial charge in [0.15, 0.2) is 6.61 Å². The van der Waals surface area contributed by atoms with Crippen molar-refractivity contribution >= 4 is 40.7 Å². The lowest BCUT2D eigenvalue weighted by Crippen LogP contribution is -2.38. The van der Waals surface area contributed by atoms with E-state index in [1.54, 1.807) is 44.2 Å². The van der Waals surface area contributed by atoms with E-state index in [0.717, 1.165) is 12.8 Å². The van der Waals surface area contributed by atoms with Gasteiger partial charge in [-0.05, 0) is 51.0 Å². The predicted molar refractivity (Wildman–Crippen MR) is 128 cm³/mol. The summed E-state index contributed by atoms with van der Waals surface area (Å²) in [5.41, 5.74) is 2.51. The second-order valence-electron chi connectivity index (χ2n) is 7.95. The number of benzene rings is 2. The standard InChI is InChI=1S/C25H26N4O5/c1-3-33-25(32)22-15(2)26-19-9-4-5-10-20(19)28-23(22)29-21(30)14-34-18-8-6-7-17(13-18)27-24(31)16-11-12-16/h4-10,13,16,26H,3,11-12,14H2,1-2H3,(H,27,31)(H,28,29,30). The Hall–Kier alpha value is -4.14. The second kappa shape index (κ2) is 10.2. The molecule has 1 saturated carbocycles. The van der Waals surface area contributed by atoms with Gasteiger partial charge in [-0.3, -0.25) is 9.59 Å². The fraction of sp³-hybridized carbons (Fsp3) is 0.280. The summed E-state index contributed by atoms with van der Waals surface area (Å²) in [6.07, 6.45) is 1.82. The van der Waals surface area contributed by atoms with Crippen molar-refractivity contribution in [3.63, 3.8) is 0 Å². The van der Waals surface area contributed by atoms with E-state index < -0.39 is 11.9 Å². The molecule has 1 aliphatic carbocycles. The van der Waals surface area contributed by atoms with Gasteiger partial charge < -0.3 is 25.4 Å². The van der Waals surface area contributed by atoms with Gasteiger partial charge in [0.1, 0.15) is 17.2 Å². The number of hydrogen-bond acceptors (Lipinski definition) is 7. The fourth-order valence-corrected chi connectivity index (χ4v) is 3.41. The maximum absolute atomic E-state index is 12.7. The van der Waals surface area contributed by atoms with Gasteiger partial charge in [0.25, 0.3) is 5.91 Å². The number of amides is 2. The van der Waals surface area contributed by atoms with Gasteiger partial charge in [0, 0.05) is 23.4 Å². The summed E-state index contributed by atoms with van der Waals surface area (Å²) in [7, 11) is 0. The highest BCUT2D eigenvalue weighted by Gasteiger charge is 2.29. The number of carbonyl (C=O) groups is 3. The monoisotopic (exact) mass is 462 g/mol. The van der Waals surface area contributed by atoms with Crippen LogP contribution in [0.15, 0.2) is 64.8 Å². The van der Waals surface area contributed by atoms with Crippen molar-refractivity contribution in [1.29, 1.82) is 0 Å². The van der Waals surface area contributed by atoms with Gasteiger partial charge in [0.2, 0.25) is 5.91 Å². The first kappa shape index (κ1) is 23.0. The summed E-state index contributed by atoms with van der Waals surface area (Å²) >= 11 is 0. The summed E-state index contributed by atoms with van der Waals surface area (Å²) in [5, 5.41) is 8.68. The van der Waals surface area contributed by atoms with Crippen molar-refractivity contribution < 1.29 is 23.9 Å². The highest BCUT2D eigenvalue weighted by Crippen LogP contribution is 2.31. The van der Waals surface area contributed by atoms with Crippen molar-refractivity contribution in [2.45, 2.75) is 26.7 Å². The number of ether oxygens (including phenoxy) is 2. The summed E-state index contributed by atoms with van der Waals surface area (Å²) in [6, 6.07) is 14.1. The Bertz CT molecular complexity index is 1180. The smallest absolute Gasteiger partial charge is 0.343 e. The van der Waals surface area contributed by atoms with Crippen molar-refractivity contribution in [2.75, 3.05) is 23.8 Å². The van der Waals surface area contributed by atoms with Crippen molar-refractivity contribution in [2.24, 2.45) is 10.9 Å². The number of rotatable bonds is 7. The highest BCUT2D eigenvalue weighted by molar-refractivity contribution is 6.24. The Morgan fingerprint density at radius 3 is 2.65 bits per heavy atom. The molecule has 0 radical (unpaired) electrons. The van der Waals surface area contributed by atoms with Gasteiger partial charge in [-0.1, -0.05) is 18.2 Å². The molecule has 0 bridgehead atoms. The molecule has 0 saturated heterocycles. The average Bonchev–Trinajstić information content (AvgIpc) is 3.65. The van der Waals surface area contributed by atoms with Crippen LogP contribution in [0.2, 0.25) is 0 Å². The van der Waals surface area contributed by atoms with Crippen LogP contribution in [0.25, 0.3) is 0 Å². The summed E-state index contributed by atoms with van der Waals surface area (Å²) in [5.74, 6) is -0.521. The molecule has 0 unspecified atom stereocenters. The third-order valence-corrected chi connectivity index (χ3v) is 5.23. The van der Waals surface area contributed by atoms with Crippen LogP contribution in [-0.4, -0.2) is 36.8 Å². The second-order valence-corrected chi connectivity index (χ2v) is 7.95. The number of amidine groups is 1. The van der Waals surface area contributed by atoms with E-state index in [0.29, 0.717) is 28.5 Å². The minimum atomic E-state index is -0.598. The summed E-state index contributed by atoms with van der Waals surface area (Å²) < 4.78 is 10.8. The fourth-order valence-electron chi connectivity index (χ4n) is 3.41. The first-order valence-electron chi connectivity index (χ1n) is 11.1. The molecule has 34 heavy (non-hydrogen) atoms. The molecule has 2 aromatic rings. The third-order valence-electron chi connectivity index (χ3n) is 5.23. The number of aliphatic imine (C=N–C) groups is 1. The van der Waals surface area contributed by atoms with Crippen LogP contribution in [0.4, 0.5) is 17.1 Å². The lowest BCUT2D eigenvalue weighted by molar-refractivity contribution is -0.137. The maximum Gasteiger partial charge on any atom is 0.343 e. The van der Waals surface area contributed by atoms with Crippen LogP contribution >= 0.6 is 0 Å². The molecule has 2 aromatic carbocycles. The lowest BCUT2D eigenvalue weighted by atomic mass is 10.2.